The Morgan fingerprint density at radius 2 is 2.09 bits per heavy atom. The topological polar surface area (TPSA) is 148 Å². The van der Waals surface area contributed by atoms with Gasteiger partial charge in [0.05, 0.1) is 11.3 Å². The summed E-state index contributed by atoms with van der Waals surface area (Å²) < 4.78 is 3.35. The van der Waals surface area contributed by atoms with E-state index in [0.29, 0.717) is 30.0 Å². The van der Waals surface area contributed by atoms with Crippen LogP contribution in [0.3, 0.4) is 0 Å². The van der Waals surface area contributed by atoms with Crippen LogP contribution in [0.4, 0.5) is 11.8 Å². The lowest BCUT2D eigenvalue weighted by molar-refractivity contribution is -0.120. The van der Waals surface area contributed by atoms with E-state index in [4.69, 9.17) is 0 Å². The van der Waals surface area contributed by atoms with Crippen LogP contribution >= 0.6 is 11.3 Å². The molecule has 1 amide bonds. The smallest absolute Gasteiger partial charge is 0.341 e. The predicted molar refractivity (Wildman–Crippen MR) is 129 cm³/mol. The van der Waals surface area contributed by atoms with E-state index in [1.54, 1.807) is 11.6 Å². The molecule has 1 saturated heterocycles. The fourth-order valence-corrected chi connectivity index (χ4v) is 4.55. The number of anilines is 2. The molecule has 1 aliphatic heterocycles. The maximum absolute atomic E-state index is 12.7. The van der Waals surface area contributed by atoms with Gasteiger partial charge in [-0.1, -0.05) is 6.92 Å². The van der Waals surface area contributed by atoms with Crippen molar-refractivity contribution in [2.75, 3.05) is 23.3 Å². The molecule has 5 rings (SSSR count). The van der Waals surface area contributed by atoms with Crippen LogP contribution in [-0.2, 0) is 11.3 Å². The second-order valence-electron chi connectivity index (χ2n) is 8.25. The molecule has 35 heavy (non-hydrogen) atoms. The van der Waals surface area contributed by atoms with E-state index in [1.807, 2.05) is 22.6 Å². The number of carboxylic acids is 1. The number of hydrogen-bond donors (Lipinski definition) is 2. The number of thiazole rings is 1. The molecule has 1 fully saturated rings. The van der Waals surface area contributed by atoms with Crippen LogP contribution in [0.15, 0.2) is 34.8 Å². The summed E-state index contributed by atoms with van der Waals surface area (Å²) in [6, 6.07) is 1.85. The lowest BCUT2D eigenvalue weighted by Gasteiger charge is -2.38. The highest BCUT2D eigenvalue weighted by molar-refractivity contribution is 7.12. The van der Waals surface area contributed by atoms with Crippen LogP contribution in [0.5, 0.6) is 0 Å². The van der Waals surface area contributed by atoms with E-state index in [0.717, 1.165) is 18.7 Å². The number of aromatic carboxylic acids is 1. The van der Waals surface area contributed by atoms with Crippen LogP contribution in [0.2, 0.25) is 0 Å². The molecule has 180 valence electrons. The molecule has 4 aromatic heterocycles. The number of fused-ring (bicyclic) bond motifs is 1. The number of nitrogens with zero attached hydrogens (tertiary/aromatic N) is 7. The summed E-state index contributed by atoms with van der Waals surface area (Å²) in [5.74, 6) is -0.853. The van der Waals surface area contributed by atoms with Gasteiger partial charge in [0.15, 0.2) is 16.6 Å². The number of aromatic nitrogens is 6. The number of amides is 1. The predicted octanol–water partition coefficient (Wildman–Crippen LogP) is 1.93. The highest BCUT2D eigenvalue weighted by Gasteiger charge is 2.35. The van der Waals surface area contributed by atoms with E-state index in [2.05, 4.69) is 32.3 Å². The molecule has 12 nitrogen and oxygen atoms in total. The van der Waals surface area contributed by atoms with Gasteiger partial charge in [0.25, 0.3) is 0 Å². The van der Waals surface area contributed by atoms with Gasteiger partial charge < -0.3 is 15.3 Å². The average molecular weight is 495 g/mol. The van der Waals surface area contributed by atoms with Crippen LogP contribution in [0.1, 0.15) is 29.4 Å². The molecule has 5 heterocycles. The molecule has 0 bridgehead atoms. The number of rotatable bonds is 7. The Balaban J connectivity index is 1.37. The largest absolute Gasteiger partial charge is 0.477 e. The lowest BCUT2D eigenvalue weighted by atomic mass is 10.00. The Morgan fingerprint density at radius 1 is 1.29 bits per heavy atom. The Kier molecular flexibility index (Phi) is 5.76. The summed E-state index contributed by atoms with van der Waals surface area (Å²) in [6.07, 6.45) is 5.09. The Morgan fingerprint density at radius 3 is 2.77 bits per heavy atom. The summed E-state index contributed by atoms with van der Waals surface area (Å²) >= 11 is 1.28. The second-order valence-corrected chi connectivity index (χ2v) is 9.13. The minimum absolute atomic E-state index is 0.0803. The average Bonchev–Trinajstić information content (AvgIpc) is 3.43. The molecular weight excluding hydrogens is 472 g/mol. The van der Waals surface area contributed by atoms with Crippen molar-refractivity contribution in [2.45, 2.75) is 26.8 Å². The summed E-state index contributed by atoms with van der Waals surface area (Å²) in [5.41, 5.74) is 0.191. The SMILES string of the molecule is CCCn1nc(NC(=O)C2CN(c3ncc4c(=O)c(C(=O)O)cn(-c5nccs5)c4n3)C2)cc1C. The standard InChI is InChI=1S/C22H22N8O4S/c1-3-5-30-12(2)7-16(27-30)25-19(32)13-9-28(10-13)21-24-8-14-17(31)15(20(33)34)11-29(18(14)26-21)22-23-4-6-35-22/h4,6-8,11,13H,3,5,9-10H2,1-2H3,(H,33,34)(H,25,27,32). The van der Waals surface area contributed by atoms with Crippen molar-refractivity contribution in [1.82, 2.24) is 29.3 Å². The van der Waals surface area contributed by atoms with Gasteiger partial charge >= 0.3 is 5.97 Å². The maximum atomic E-state index is 12.7. The van der Waals surface area contributed by atoms with E-state index in [-0.39, 0.29) is 28.4 Å². The first kappa shape index (κ1) is 22.7. The molecule has 0 spiro atoms. The van der Waals surface area contributed by atoms with Crippen LogP contribution < -0.4 is 15.6 Å². The first-order chi connectivity index (χ1) is 16.9. The molecule has 0 aliphatic carbocycles. The van der Waals surface area contributed by atoms with Gasteiger partial charge in [-0.05, 0) is 13.3 Å². The number of hydrogen-bond acceptors (Lipinski definition) is 9. The molecule has 0 radical (unpaired) electrons. The molecular formula is C22H22N8O4S. The molecule has 4 aromatic rings. The number of aryl methyl sites for hydroxylation is 2. The maximum Gasteiger partial charge on any atom is 0.341 e. The molecule has 2 N–H and O–H groups in total. The molecule has 0 aromatic carbocycles. The van der Waals surface area contributed by atoms with Crippen molar-refractivity contribution in [3.63, 3.8) is 0 Å². The van der Waals surface area contributed by atoms with Gasteiger partial charge in [0.1, 0.15) is 5.56 Å². The minimum Gasteiger partial charge on any atom is -0.477 e. The van der Waals surface area contributed by atoms with Gasteiger partial charge in [-0.25, -0.2) is 14.8 Å². The first-order valence-electron chi connectivity index (χ1n) is 11.0. The van der Waals surface area contributed by atoms with Crippen molar-refractivity contribution in [1.29, 1.82) is 0 Å². The zero-order valence-electron chi connectivity index (χ0n) is 19.0. The number of carboxylic acid groups (broad SMARTS) is 1. The number of carbonyl (C=O) groups excluding carboxylic acids is 1. The number of pyridine rings is 1. The van der Waals surface area contributed by atoms with Gasteiger partial charge in [0, 0.05) is 55.4 Å². The summed E-state index contributed by atoms with van der Waals surface area (Å²) in [7, 11) is 0. The zero-order valence-corrected chi connectivity index (χ0v) is 19.8. The van der Waals surface area contributed by atoms with Gasteiger partial charge in [-0.15, -0.1) is 11.3 Å². The third kappa shape index (κ3) is 4.14. The van der Waals surface area contributed by atoms with Crippen molar-refractivity contribution in [3.8, 4) is 5.13 Å². The van der Waals surface area contributed by atoms with Crippen LogP contribution in [0.25, 0.3) is 16.2 Å². The van der Waals surface area contributed by atoms with E-state index >= 15 is 0 Å². The van der Waals surface area contributed by atoms with Crippen LogP contribution in [-0.4, -0.2) is 59.4 Å². The monoisotopic (exact) mass is 494 g/mol. The van der Waals surface area contributed by atoms with Crippen LogP contribution in [0, 0.1) is 12.8 Å². The number of nitrogens with one attached hydrogen (secondary N) is 1. The Hall–Kier alpha value is -4.13. The van der Waals surface area contributed by atoms with E-state index < -0.39 is 11.4 Å². The third-order valence-corrected chi connectivity index (χ3v) is 6.56. The van der Waals surface area contributed by atoms with Gasteiger partial charge in [0.2, 0.25) is 17.3 Å². The van der Waals surface area contributed by atoms with Crippen molar-refractivity contribution in [2.24, 2.45) is 5.92 Å². The van der Waals surface area contributed by atoms with Crippen molar-refractivity contribution in [3.05, 3.63) is 51.5 Å². The summed E-state index contributed by atoms with van der Waals surface area (Å²) in [5, 5.41) is 19.0. The van der Waals surface area contributed by atoms with E-state index in [1.165, 1.54) is 28.3 Å². The Bertz CT molecular complexity index is 1490. The normalized spacial score (nSPS) is 13.7. The first-order valence-corrected chi connectivity index (χ1v) is 11.9. The highest BCUT2D eigenvalue weighted by atomic mass is 32.1. The molecule has 1 aliphatic rings. The zero-order chi connectivity index (χ0) is 24.7. The quantitative estimate of drug-likeness (QED) is 0.393. The lowest BCUT2D eigenvalue weighted by Crippen LogP contribution is -2.52. The summed E-state index contributed by atoms with van der Waals surface area (Å²) in [4.78, 5) is 51.8. The second kappa shape index (κ2) is 8.91. The van der Waals surface area contributed by atoms with E-state index in [9.17, 15) is 19.5 Å². The minimum atomic E-state index is -1.34. The molecule has 0 unspecified atom stereocenters. The fraction of sp³-hybridized carbons (Fsp3) is 0.318. The third-order valence-electron chi connectivity index (χ3n) is 5.79. The fourth-order valence-electron chi connectivity index (χ4n) is 3.93. The molecule has 13 heteroatoms. The van der Waals surface area contributed by atoms with Gasteiger partial charge in [-0.2, -0.15) is 10.1 Å². The molecule has 0 saturated carbocycles. The highest BCUT2D eigenvalue weighted by Crippen LogP contribution is 2.25. The Labute approximate surface area is 202 Å². The number of carbonyl (C=O) groups is 2. The van der Waals surface area contributed by atoms with Gasteiger partial charge in [-0.3, -0.25) is 18.8 Å². The molecule has 0 atom stereocenters. The summed E-state index contributed by atoms with van der Waals surface area (Å²) in [6.45, 7) is 5.61. The van der Waals surface area contributed by atoms with Crippen molar-refractivity contribution >= 4 is 46.0 Å². The van der Waals surface area contributed by atoms with Crippen molar-refractivity contribution < 1.29 is 14.7 Å².